The highest BCUT2D eigenvalue weighted by molar-refractivity contribution is 7.90. The Balaban J connectivity index is 3.17. The van der Waals surface area contributed by atoms with Crippen LogP contribution in [0.2, 0.25) is 5.02 Å². The van der Waals surface area contributed by atoms with E-state index in [4.69, 9.17) is 11.6 Å². The quantitative estimate of drug-likeness (QED) is 0.907. The van der Waals surface area contributed by atoms with Crippen LogP contribution in [-0.4, -0.2) is 27.0 Å². The van der Waals surface area contributed by atoms with Crippen molar-refractivity contribution in [2.75, 3.05) is 18.6 Å². The van der Waals surface area contributed by atoms with E-state index in [1.807, 2.05) is 6.92 Å². The van der Waals surface area contributed by atoms with Crippen molar-refractivity contribution < 1.29 is 12.8 Å². The summed E-state index contributed by atoms with van der Waals surface area (Å²) in [5, 5.41) is 3.30. The van der Waals surface area contributed by atoms with Gasteiger partial charge in [-0.3, -0.25) is 0 Å². The highest BCUT2D eigenvalue weighted by Crippen LogP contribution is 2.27. The average Bonchev–Trinajstić information content (AvgIpc) is 2.21. The van der Waals surface area contributed by atoms with Crippen molar-refractivity contribution in [1.29, 1.82) is 0 Å². The SMILES string of the molecule is CCNC(CS(C)(=O)=O)c1cc(C)c(F)cc1Cl. The molecule has 0 spiro atoms. The highest BCUT2D eigenvalue weighted by Gasteiger charge is 2.20. The van der Waals surface area contributed by atoms with Gasteiger partial charge in [-0.15, -0.1) is 0 Å². The van der Waals surface area contributed by atoms with Gasteiger partial charge >= 0.3 is 0 Å². The zero-order chi connectivity index (χ0) is 13.9. The molecule has 102 valence electrons. The van der Waals surface area contributed by atoms with Crippen molar-refractivity contribution in [2.24, 2.45) is 0 Å². The van der Waals surface area contributed by atoms with Crippen LogP contribution < -0.4 is 5.32 Å². The van der Waals surface area contributed by atoms with E-state index in [0.29, 0.717) is 17.7 Å². The molecule has 1 aromatic carbocycles. The lowest BCUT2D eigenvalue weighted by Gasteiger charge is -2.19. The van der Waals surface area contributed by atoms with E-state index >= 15 is 0 Å². The molecule has 1 aromatic rings. The lowest BCUT2D eigenvalue weighted by molar-refractivity contribution is 0.561. The third kappa shape index (κ3) is 4.23. The molecule has 0 aliphatic rings. The Morgan fingerprint density at radius 2 is 2.06 bits per heavy atom. The van der Waals surface area contributed by atoms with Gasteiger partial charge in [0.25, 0.3) is 0 Å². The maximum atomic E-state index is 13.3. The minimum Gasteiger partial charge on any atom is -0.309 e. The summed E-state index contributed by atoms with van der Waals surface area (Å²) in [7, 11) is -3.15. The second kappa shape index (κ2) is 5.99. The first-order valence-electron chi connectivity index (χ1n) is 5.61. The van der Waals surface area contributed by atoms with Gasteiger partial charge in [0.05, 0.1) is 5.75 Å². The van der Waals surface area contributed by atoms with Crippen molar-refractivity contribution >= 4 is 21.4 Å². The maximum absolute atomic E-state index is 13.3. The summed E-state index contributed by atoms with van der Waals surface area (Å²) < 4.78 is 36.1. The summed E-state index contributed by atoms with van der Waals surface area (Å²) in [4.78, 5) is 0. The molecule has 0 heterocycles. The number of hydrogen-bond donors (Lipinski definition) is 1. The molecule has 0 aliphatic carbocycles. The summed E-state index contributed by atoms with van der Waals surface area (Å²) in [5.41, 5.74) is 1.06. The second-order valence-electron chi connectivity index (χ2n) is 4.33. The molecule has 6 heteroatoms. The van der Waals surface area contributed by atoms with Gasteiger partial charge in [0.15, 0.2) is 0 Å². The van der Waals surface area contributed by atoms with Gasteiger partial charge in [-0.05, 0) is 30.7 Å². The Morgan fingerprint density at radius 3 is 2.56 bits per heavy atom. The summed E-state index contributed by atoms with van der Waals surface area (Å²) in [5.74, 6) is -0.454. The lowest BCUT2D eigenvalue weighted by Crippen LogP contribution is -2.28. The molecule has 0 aromatic heterocycles. The predicted molar refractivity (Wildman–Crippen MR) is 72.3 cm³/mol. The minimum absolute atomic E-state index is 0.0639. The number of benzene rings is 1. The van der Waals surface area contributed by atoms with E-state index in [2.05, 4.69) is 5.32 Å². The number of hydrogen-bond acceptors (Lipinski definition) is 3. The Bertz CT molecular complexity index is 531. The van der Waals surface area contributed by atoms with E-state index in [1.54, 1.807) is 13.0 Å². The van der Waals surface area contributed by atoms with E-state index in [0.717, 1.165) is 0 Å². The summed E-state index contributed by atoms with van der Waals surface area (Å²) in [6, 6.07) is 2.39. The molecule has 1 rings (SSSR count). The standard InChI is InChI=1S/C12H17ClFNO2S/c1-4-15-12(7-18(3,16)17)9-5-8(2)11(14)6-10(9)13/h5-6,12,15H,4,7H2,1-3H3. The van der Waals surface area contributed by atoms with Gasteiger partial charge in [0.2, 0.25) is 0 Å². The molecule has 0 saturated heterocycles. The van der Waals surface area contributed by atoms with Crippen LogP contribution in [0.25, 0.3) is 0 Å². The van der Waals surface area contributed by atoms with Crippen LogP contribution in [0.4, 0.5) is 4.39 Å². The van der Waals surface area contributed by atoms with Crippen LogP contribution in [-0.2, 0) is 9.84 Å². The van der Waals surface area contributed by atoms with Gasteiger partial charge in [-0.1, -0.05) is 24.6 Å². The summed E-state index contributed by atoms with van der Waals surface area (Å²) in [6.45, 7) is 4.10. The summed E-state index contributed by atoms with van der Waals surface area (Å²) in [6.07, 6.45) is 1.17. The molecule has 0 amide bonds. The zero-order valence-corrected chi connectivity index (χ0v) is 12.2. The van der Waals surface area contributed by atoms with Crippen LogP contribution in [0.15, 0.2) is 12.1 Å². The third-order valence-corrected chi connectivity index (χ3v) is 3.84. The molecule has 1 unspecified atom stereocenters. The highest BCUT2D eigenvalue weighted by atomic mass is 35.5. The molecule has 0 saturated carbocycles. The first kappa shape index (κ1) is 15.4. The van der Waals surface area contributed by atoms with Gasteiger partial charge in [-0.25, -0.2) is 12.8 Å². The van der Waals surface area contributed by atoms with Crippen molar-refractivity contribution in [2.45, 2.75) is 19.9 Å². The molecule has 0 bridgehead atoms. The number of halogens is 2. The third-order valence-electron chi connectivity index (χ3n) is 2.57. The Labute approximate surface area is 112 Å². The van der Waals surface area contributed by atoms with E-state index in [1.165, 1.54) is 12.3 Å². The van der Waals surface area contributed by atoms with Crippen LogP contribution >= 0.6 is 11.6 Å². The fourth-order valence-corrected chi connectivity index (χ4v) is 2.94. The van der Waals surface area contributed by atoms with E-state index in [-0.39, 0.29) is 10.8 Å². The van der Waals surface area contributed by atoms with E-state index in [9.17, 15) is 12.8 Å². The van der Waals surface area contributed by atoms with Crippen molar-refractivity contribution in [1.82, 2.24) is 5.32 Å². The number of rotatable bonds is 5. The molecule has 1 atom stereocenters. The van der Waals surface area contributed by atoms with Gasteiger partial charge < -0.3 is 5.32 Å². The first-order chi connectivity index (χ1) is 8.24. The van der Waals surface area contributed by atoms with Crippen molar-refractivity contribution in [3.05, 3.63) is 34.1 Å². The first-order valence-corrected chi connectivity index (χ1v) is 8.05. The maximum Gasteiger partial charge on any atom is 0.149 e. The van der Waals surface area contributed by atoms with Crippen molar-refractivity contribution in [3.63, 3.8) is 0 Å². The molecule has 1 N–H and O–H groups in total. The molecule has 3 nitrogen and oxygen atoms in total. The Morgan fingerprint density at radius 1 is 1.44 bits per heavy atom. The predicted octanol–water partition coefficient (Wildman–Crippen LogP) is 2.48. The van der Waals surface area contributed by atoms with Gasteiger partial charge in [0, 0.05) is 17.3 Å². The monoisotopic (exact) mass is 293 g/mol. The molecular weight excluding hydrogens is 277 g/mol. The molecular formula is C12H17ClFNO2S. The number of sulfone groups is 1. The van der Waals surface area contributed by atoms with E-state index < -0.39 is 21.7 Å². The smallest absolute Gasteiger partial charge is 0.149 e. The molecule has 0 fully saturated rings. The molecule has 0 aliphatic heterocycles. The Hall–Kier alpha value is -0.650. The topological polar surface area (TPSA) is 46.2 Å². The van der Waals surface area contributed by atoms with Crippen LogP contribution in [0.5, 0.6) is 0 Å². The van der Waals surface area contributed by atoms with Crippen LogP contribution in [0.3, 0.4) is 0 Å². The van der Waals surface area contributed by atoms with Gasteiger partial charge in [0.1, 0.15) is 15.7 Å². The molecule has 18 heavy (non-hydrogen) atoms. The summed E-state index contributed by atoms with van der Waals surface area (Å²) >= 11 is 5.99. The Kier molecular flexibility index (Phi) is 5.13. The molecule has 0 radical (unpaired) electrons. The number of aryl methyl sites for hydroxylation is 1. The normalized spacial score (nSPS) is 13.6. The van der Waals surface area contributed by atoms with Crippen LogP contribution in [0, 0.1) is 12.7 Å². The minimum atomic E-state index is -3.15. The fraction of sp³-hybridized carbons (Fsp3) is 0.500. The largest absolute Gasteiger partial charge is 0.309 e. The second-order valence-corrected chi connectivity index (χ2v) is 6.92. The number of nitrogens with one attached hydrogen (secondary N) is 1. The zero-order valence-electron chi connectivity index (χ0n) is 10.6. The lowest BCUT2D eigenvalue weighted by atomic mass is 10.1. The fourth-order valence-electron chi connectivity index (χ4n) is 1.75. The van der Waals surface area contributed by atoms with Gasteiger partial charge in [-0.2, -0.15) is 0 Å². The average molecular weight is 294 g/mol. The van der Waals surface area contributed by atoms with Crippen LogP contribution in [0.1, 0.15) is 24.1 Å². The van der Waals surface area contributed by atoms with Crippen molar-refractivity contribution in [3.8, 4) is 0 Å².